The Morgan fingerprint density at radius 1 is 0.955 bits per heavy atom. The molecule has 0 radical (unpaired) electrons. The molecule has 4 heteroatoms. The normalized spacial score (nSPS) is 15.6. The van der Waals surface area contributed by atoms with Crippen molar-refractivity contribution in [3.05, 3.63) is 24.3 Å². The third-order valence-corrected chi connectivity index (χ3v) is 4.79. The molecule has 0 bridgehead atoms. The van der Waals surface area contributed by atoms with E-state index in [0.29, 0.717) is 6.16 Å². The lowest BCUT2D eigenvalue weighted by atomic mass is 9.95. The summed E-state index contributed by atoms with van der Waals surface area (Å²) in [6.45, 7) is 9.83. The summed E-state index contributed by atoms with van der Waals surface area (Å²) in [4.78, 5) is 0. The van der Waals surface area contributed by atoms with Crippen LogP contribution in [0.4, 0.5) is 0 Å². The molecule has 0 unspecified atom stereocenters. The van der Waals surface area contributed by atoms with Crippen molar-refractivity contribution in [1.82, 2.24) is 0 Å². The Hall–Kier alpha value is -1.25. The van der Waals surface area contributed by atoms with Crippen molar-refractivity contribution in [1.29, 1.82) is 0 Å². The molecule has 0 aliphatic heterocycles. The number of allylic oxidation sites excluding steroid dienone is 2. The molecule has 0 aromatic heterocycles. The summed E-state index contributed by atoms with van der Waals surface area (Å²) < 4.78 is 23.1. The molecule has 122 valence electrons. The van der Waals surface area contributed by atoms with Crippen LogP contribution in [0.3, 0.4) is 0 Å². The van der Waals surface area contributed by atoms with Crippen LogP contribution in [0.5, 0.6) is 0 Å². The minimum absolute atomic E-state index is 0.204. The van der Waals surface area contributed by atoms with Gasteiger partial charge in [0.15, 0.2) is 0 Å². The van der Waals surface area contributed by atoms with Crippen LogP contribution in [-0.4, -0.2) is 19.4 Å². The molecule has 0 rings (SSSR count). The van der Waals surface area contributed by atoms with Gasteiger partial charge in [-0.25, -0.2) is 0 Å². The van der Waals surface area contributed by atoms with Gasteiger partial charge in [-0.15, -0.1) is 12.8 Å². The number of hydrogen-bond acceptors (Lipinski definition) is 3. The topological polar surface area (TPSA) is 35.5 Å². The second kappa shape index (κ2) is 9.02. The van der Waals surface area contributed by atoms with E-state index in [2.05, 4.69) is 11.8 Å². The third kappa shape index (κ3) is 8.91. The van der Waals surface area contributed by atoms with Crippen LogP contribution in [0.15, 0.2) is 24.3 Å². The van der Waals surface area contributed by atoms with Crippen molar-refractivity contribution in [2.75, 3.05) is 19.4 Å². The summed E-state index contributed by atoms with van der Waals surface area (Å²) in [6.07, 6.45) is 18.3. The van der Waals surface area contributed by atoms with Gasteiger partial charge >= 0.3 is 7.60 Å². The van der Waals surface area contributed by atoms with Gasteiger partial charge in [-0.05, 0) is 27.7 Å². The van der Waals surface area contributed by atoms with Gasteiger partial charge in [0, 0.05) is 17.0 Å². The maximum Gasteiger partial charge on any atom is 0.331 e. The molecule has 0 atom stereocenters. The van der Waals surface area contributed by atoms with Crippen molar-refractivity contribution in [2.45, 2.75) is 34.6 Å². The second-order valence-electron chi connectivity index (χ2n) is 6.06. The van der Waals surface area contributed by atoms with Crippen LogP contribution < -0.4 is 0 Å². The Bertz CT molecular complexity index is 484. The fourth-order valence-corrected chi connectivity index (χ4v) is 2.38. The third-order valence-electron chi connectivity index (χ3n) is 2.94. The Morgan fingerprint density at radius 3 is 1.59 bits per heavy atom. The molecule has 0 aromatic rings. The molecule has 0 aliphatic carbocycles. The highest BCUT2D eigenvalue weighted by Crippen LogP contribution is 2.47. The van der Waals surface area contributed by atoms with Gasteiger partial charge in [0.1, 0.15) is 0 Å². The summed E-state index contributed by atoms with van der Waals surface area (Å²) in [7, 11) is -3.09. The van der Waals surface area contributed by atoms with Gasteiger partial charge < -0.3 is 9.05 Å². The summed E-state index contributed by atoms with van der Waals surface area (Å²) in [5, 5.41) is 0. The van der Waals surface area contributed by atoms with E-state index in [-0.39, 0.29) is 24.0 Å². The second-order valence-corrected chi connectivity index (χ2v) is 8.43. The van der Waals surface area contributed by atoms with E-state index in [1.165, 1.54) is 0 Å². The lowest BCUT2D eigenvalue weighted by Crippen LogP contribution is -2.05. The first kappa shape index (κ1) is 20.8. The standard InChI is InChI=1S/C18H27O3P/c1-8-17(4,5)13-11-15-20-22(19,10-3)21-16-12-14-18(6,7)9-2/h1-2,11-14H,10,15-16H2,3-7H3. The molecule has 22 heavy (non-hydrogen) atoms. The van der Waals surface area contributed by atoms with Gasteiger partial charge in [0.05, 0.1) is 13.2 Å². The van der Waals surface area contributed by atoms with Gasteiger partial charge in [-0.1, -0.05) is 43.1 Å². The lowest BCUT2D eigenvalue weighted by molar-refractivity contribution is 0.237. The SMILES string of the molecule is C#CC(C)(C)C=CCOP(=O)(CC)OCC=CC(C)(C)C#C. The summed E-state index contributed by atoms with van der Waals surface area (Å²) in [5.74, 6) is 5.29. The zero-order chi connectivity index (χ0) is 17.3. The van der Waals surface area contributed by atoms with Crippen LogP contribution in [0, 0.1) is 35.5 Å². The highest BCUT2D eigenvalue weighted by Gasteiger charge is 2.21. The van der Waals surface area contributed by atoms with E-state index in [1.54, 1.807) is 19.1 Å². The van der Waals surface area contributed by atoms with E-state index in [4.69, 9.17) is 21.9 Å². The number of hydrogen-bond donors (Lipinski definition) is 0. The fraction of sp³-hybridized carbons (Fsp3) is 0.556. The molecular weight excluding hydrogens is 295 g/mol. The van der Waals surface area contributed by atoms with Crippen LogP contribution in [0.2, 0.25) is 0 Å². The highest BCUT2D eigenvalue weighted by molar-refractivity contribution is 7.53. The molecule has 0 aromatic carbocycles. The largest absolute Gasteiger partial charge is 0.331 e. The average molecular weight is 322 g/mol. The summed E-state index contributed by atoms with van der Waals surface area (Å²) >= 11 is 0. The van der Waals surface area contributed by atoms with Crippen molar-refractivity contribution < 1.29 is 13.6 Å². The van der Waals surface area contributed by atoms with E-state index in [9.17, 15) is 4.57 Å². The minimum Gasteiger partial charge on any atom is -0.304 e. The van der Waals surface area contributed by atoms with Crippen LogP contribution in [-0.2, 0) is 13.6 Å². The molecule has 0 amide bonds. The summed E-state index contributed by atoms with van der Waals surface area (Å²) in [5.41, 5.74) is -0.687. The quantitative estimate of drug-likeness (QED) is 0.352. The van der Waals surface area contributed by atoms with E-state index in [1.807, 2.05) is 39.8 Å². The van der Waals surface area contributed by atoms with Crippen molar-refractivity contribution in [2.24, 2.45) is 10.8 Å². The Morgan fingerprint density at radius 2 is 1.32 bits per heavy atom. The maximum atomic E-state index is 12.4. The van der Waals surface area contributed by atoms with Gasteiger partial charge in [0.25, 0.3) is 0 Å². The number of rotatable bonds is 9. The fourth-order valence-electron chi connectivity index (χ4n) is 1.31. The van der Waals surface area contributed by atoms with Crippen LogP contribution >= 0.6 is 7.60 Å². The van der Waals surface area contributed by atoms with Crippen molar-refractivity contribution >= 4 is 7.60 Å². The van der Waals surface area contributed by atoms with Crippen LogP contribution in [0.25, 0.3) is 0 Å². The highest BCUT2D eigenvalue weighted by atomic mass is 31.2. The monoisotopic (exact) mass is 322 g/mol. The minimum atomic E-state index is -3.09. The van der Waals surface area contributed by atoms with E-state index >= 15 is 0 Å². The molecule has 0 saturated carbocycles. The molecular formula is C18H27O3P. The van der Waals surface area contributed by atoms with Crippen molar-refractivity contribution in [3.8, 4) is 24.7 Å². The lowest BCUT2D eigenvalue weighted by Gasteiger charge is -2.16. The first-order valence-electron chi connectivity index (χ1n) is 7.29. The maximum absolute atomic E-state index is 12.4. The molecule has 0 saturated heterocycles. The Balaban J connectivity index is 4.42. The number of terminal acetylenes is 2. The molecule has 0 heterocycles. The first-order chi connectivity index (χ1) is 10.1. The molecule has 0 spiro atoms. The molecule has 3 nitrogen and oxygen atoms in total. The van der Waals surface area contributed by atoms with Gasteiger partial charge in [0.2, 0.25) is 0 Å². The predicted molar refractivity (Wildman–Crippen MR) is 93.6 cm³/mol. The van der Waals surface area contributed by atoms with E-state index < -0.39 is 7.60 Å². The zero-order valence-electron chi connectivity index (χ0n) is 14.3. The Labute approximate surface area is 135 Å². The molecule has 0 aliphatic rings. The average Bonchev–Trinajstić information content (AvgIpc) is 2.48. The molecule has 0 fully saturated rings. The van der Waals surface area contributed by atoms with Gasteiger partial charge in [-0.2, -0.15) is 0 Å². The van der Waals surface area contributed by atoms with E-state index in [0.717, 1.165) is 0 Å². The van der Waals surface area contributed by atoms with Gasteiger partial charge in [-0.3, -0.25) is 4.57 Å². The first-order valence-corrected chi connectivity index (χ1v) is 9.01. The molecule has 0 N–H and O–H groups in total. The zero-order valence-corrected chi connectivity index (χ0v) is 15.2. The smallest absolute Gasteiger partial charge is 0.304 e. The Kier molecular flexibility index (Phi) is 8.50. The summed E-state index contributed by atoms with van der Waals surface area (Å²) in [6, 6.07) is 0. The van der Waals surface area contributed by atoms with Crippen molar-refractivity contribution in [3.63, 3.8) is 0 Å². The predicted octanol–water partition coefficient (Wildman–Crippen LogP) is 4.66. The van der Waals surface area contributed by atoms with Crippen LogP contribution in [0.1, 0.15) is 34.6 Å².